The molecule has 0 aliphatic carbocycles. The third-order valence-electron chi connectivity index (χ3n) is 2.92. The van der Waals surface area contributed by atoms with Crippen molar-refractivity contribution < 1.29 is 14.2 Å². The summed E-state index contributed by atoms with van der Waals surface area (Å²) in [4.78, 5) is 0. The van der Waals surface area contributed by atoms with Crippen molar-refractivity contribution in [1.82, 2.24) is 5.32 Å². The number of hydrogen-bond acceptors (Lipinski definition) is 4. The molecule has 0 spiro atoms. The van der Waals surface area contributed by atoms with Crippen molar-refractivity contribution in [2.45, 2.75) is 25.9 Å². The van der Waals surface area contributed by atoms with E-state index in [1.807, 2.05) is 12.1 Å². The summed E-state index contributed by atoms with van der Waals surface area (Å²) in [6, 6.07) is 6.35. The van der Waals surface area contributed by atoms with E-state index in [4.69, 9.17) is 14.2 Å². The Morgan fingerprint density at radius 1 is 1.41 bits per heavy atom. The van der Waals surface area contributed by atoms with Crippen LogP contribution in [-0.2, 0) is 11.3 Å². The van der Waals surface area contributed by atoms with Crippen LogP contribution in [0.4, 0.5) is 0 Å². The Labute approximate surface area is 102 Å². The lowest BCUT2D eigenvalue weighted by molar-refractivity contribution is 0.162. The third kappa shape index (κ3) is 2.90. The predicted octanol–water partition coefficient (Wildman–Crippen LogP) is 1.93. The average molecular weight is 237 g/mol. The molecule has 1 aliphatic rings. The fraction of sp³-hybridized carbons (Fsp3) is 0.538. The molecule has 4 nitrogen and oxygen atoms in total. The molecule has 0 aromatic heterocycles. The second-order valence-electron chi connectivity index (χ2n) is 4.09. The van der Waals surface area contributed by atoms with Crippen molar-refractivity contribution in [1.29, 1.82) is 0 Å². The summed E-state index contributed by atoms with van der Waals surface area (Å²) in [6.07, 6.45) is 1.04. The molecule has 17 heavy (non-hydrogen) atoms. The molecule has 0 saturated heterocycles. The number of benzene rings is 1. The van der Waals surface area contributed by atoms with Gasteiger partial charge in [-0.2, -0.15) is 0 Å². The molecule has 0 bridgehead atoms. The highest BCUT2D eigenvalue weighted by atomic mass is 16.7. The summed E-state index contributed by atoms with van der Waals surface area (Å²) < 4.78 is 16.0. The minimum atomic E-state index is 0.321. The summed E-state index contributed by atoms with van der Waals surface area (Å²) in [7, 11) is 1.72. The van der Waals surface area contributed by atoms with Crippen molar-refractivity contribution in [2.24, 2.45) is 0 Å². The van der Waals surface area contributed by atoms with Gasteiger partial charge in [-0.1, -0.05) is 19.1 Å². The second-order valence-corrected chi connectivity index (χ2v) is 4.09. The highest BCUT2D eigenvalue weighted by Gasteiger charge is 2.17. The van der Waals surface area contributed by atoms with Gasteiger partial charge in [-0.05, 0) is 12.5 Å². The molecule has 4 heteroatoms. The van der Waals surface area contributed by atoms with Crippen LogP contribution in [0.3, 0.4) is 0 Å². The standard InChI is InChI=1S/C13H19NO3/c1-3-11(8-15-2)14-7-10-5-4-6-12-13(10)17-9-16-12/h4-6,11,14H,3,7-9H2,1-2H3. The molecule has 1 N–H and O–H groups in total. The maximum Gasteiger partial charge on any atom is 0.231 e. The predicted molar refractivity (Wildman–Crippen MR) is 65.4 cm³/mol. The molecule has 0 radical (unpaired) electrons. The maximum absolute atomic E-state index is 5.46. The van der Waals surface area contributed by atoms with Gasteiger partial charge in [-0.3, -0.25) is 0 Å². The Kier molecular flexibility index (Phi) is 4.23. The lowest BCUT2D eigenvalue weighted by Crippen LogP contribution is -2.32. The van der Waals surface area contributed by atoms with Gasteiger partial charge >= 0.3 is 0 Å². The first-order valence-corrected chi connectivity index (χ1v) is 5.95. The zero-order valence-electron chi connectivity index (χ0n) is 10.4. The number of nitrogens with one attached hydrogen (secondary N) is 1. The molecule has 0 saturated carbocycles. The molecule has 1 aliphatic heterocycles. The number of ether oxygens (including phenoxy) is 3. The number of hydrogen-bond donors (Lipinski definition) is 1. The van der Waals surface area contributed by atoms with Crippen LogP contribution < -0.4 is 14.8 Å². The second kappa shape index (κ2) is 5.89. The SMILES string of the molecule is CCC(COC)NCc1cccc2c1OCO2. The van der Waals surface area contributed by atoms with Crippen LogP contribution >= 0.6 is 0 Å². The van der Waals surface area contributed by atoms with Crippen LogP contribution in [0.2, 0.25) is 0 Å². The molecule has 1 aromatic rings. The molecular formula is C13H19NO3. The molecule has 1 aromatic carbocycles. The molecule has 1 atom stereocenters. The normalized spacial score (nSPS) is 14.9. The van der Waals surface area contributed by atoms with Crippen LogP contribution in [0.25, 0.3) is 0 Å². The largest absolute Gasteiger partial charge is 0.454 e. The summed E-state index contributed by atoms with van der Waals surface area (Å²) in [5, 5.41) is 3.46. The van der Waals surface area contributed by atoms with Crippen LogP contribution in [0, 0.1) is 0 Å². The van der Waals surface area contributed by atoms with Gasteiger partial charge in [-0.25, -0.2) is 0 Å². The van der Waals surface area contributed by atoms with Gasteiger partial charge in [0, 0.05) is 25.3 Å². The maximum atomic E-state index is 5.46. The van der Waals surface area contributed by atoms with E-state index in [9.17, 15) is 0 Å². The molecule has 1 unspecified atom stereocenters. The fourth-order valence-corrected chi connectivity index (χ4v) is 1.91. The van der Waals surface area contributed by atoms with Crippen molar-refractivity contribution in [2.75, 3.05) is 20.5 Å². The molecule has 1 heterocycles. The van der Waals surface area contributed by atoms with Gasteiger partial charge in [-0.15, -0.1) is 0 Å². The lowest BCUT2D eigenvalue weighted by atomic mass is 10.1. The fourth-order valence-electron chi connectivity index (χ4n) is 1.91. The van der Waals surface area contributed by atoms with Gasteiger partial charge in [0.1, 0.15) is 0 Å². The Bertz CT molecular complexity index is 368. The Morgan fingerprint density at radius 3 is 3.06 bits per heavy atom. The van der Waals surface area contributed by atoms with Crippen molar-refractivity contribution in [3.05, 3.63) is 23.8 Å². The summed E-state index contributed by atoms with van der Waals surface area (Å²) >= 11 is 0. The van der Waals surface area contributed by atoms with E-state index in [2.05, 4.69) is 18.3 Å². The monoisotopic (exact) mass is 237 g/mol. The zero-order valence-corrected chi connectivity index (χ0v) is 10.4. The Balaban J connectivity index is 1.97. The summed E-state index contributed by atoms with van der Waals surface area (Å²) in [6.45, 7) is 3.96. The van der Waals surface area contributed by atoms with Crippen LogP contribution in [0.5, 0.6) is 11.5 Å². The van der Waals surface area contributed by atoms with E-state index in [0.717, 1.165) is 36.6 Å². The number of para-hydroxylation sites is 1. The summed E-state index contributed by atoms with van der Waals surface area (Å²) in [5.41, 5.74) is 1.13. The highest BCUT2D eigenvalue weighted by molar-refractivity contribution is 5.48. The minimum absolute atomic E-state index is 0.321. The van der Waals surface area contributed by atoms with E-state index in [0.29, 0.717) is 12.8 Å². The zero-order chi connectivity index (χ0) is 12.1. The lowest BCUT2D eigenvalue weighted by Gasteiger charge is -2.16. The summed E-state index contributed by atoms with van der Waals surface area (Å²) in [5.74, 6) is 1.70. The molecule has 0 amide bonds. The molecular weight excluding hydrogens is 218 g/mol. The van der Waals surface area contributed by atoms with E-state index >= 15 is 0 Å². The van der Waals surface area contributed by atoms with E-state index in [-0.39, 0.29) is 0 Å². The number of rotatable bonds is 6. The van der Waals surface area contributed by atoms with Crippen molar-refractivity contribution in [3.63, 3.8) is 0 Å². The van der Waals surface area contributed by atoms with Gasteiger partial charge in [0.25, 0.3) is 0 Å². The first-order valence-electron chi connectivity index (χ1n) is 5.95. The smallest absolute Gasteiger partial charge is 0.231 e. The first-order chi connectivity index (χ1) is 8.35. The third-order valence-corrected chi connectivity index (χ3v) is 2.92. The minimum Gasteiger partial charge on any atom is -0.454 e. The van der Waals surface area contributed by atoms with Crippen molar-refractivity contribution >= 4 is 0 Å². The Hall–Kier alpha value is -1.26. The molecule has 94 valence electrons. The Morgan fingerprint density at radius 2 is 2.29 bits per heavy atom. The topological polar surface area (TPSA) is 39.7 Å². The van der Waals surface area contributed by atoms with Crippen LogP contribution in [-0.4, -0.2) is 26.6 Å². The van der Waals surface area contributed by atoms with Gasteiger partial charge in [0.05, 0.1) is 6.61 Å². The van der Waals surface area contributed by atoms with E-state index in [1.54, 1.807) is 7.11 Å². The van der Waals surface area contributed by atoms with Crippen LogP contribution in [0.1, 0.15) is 18.9 Å². The average Bonchev–Trinajstić information content (AvgIpc) is 2.83. The van der Waals surface area contributed by atoms with Crippen LogP contribution in [0.15, 0.2) is 18.2 Å². The van der Waals surface area contributed by atoms with Gasteiger partial charge in [0.2, 0.25) is 6.79 Å². The molecule has 0 fully saturated rings. The number of fused-ring (bicyclic) bond motifs is 1. The van der Waals surface area contributed by atoms with E-state index in [1.165, 1.54) is 0 Å². The van der Waals surface area contributed by atoms with E-state index < -0.39 is 0 Å². The quantitative estimate of drug-likeness (QED) is 0.820. The van der Waals surface area contributed by atoms with Crippen molar-refractivity contribution in [3.8, 4) is 11.5 Å². The molecule has 2 rings (SSSR count). The highest BCUT2D eigenvalue weighted by Crippen LogP contribution is 2.35. The first kappa shape index (κ1) is 12.2. The van der Waals surface area contributed by atoms with Gasteiger partial charge in [0.15, 0.2) is 11.5 Å². The number of methoxy groups -OCH3 is 1. The van der Waals surface area contributed by atoms with Gasteiger partial charge < -0.3 is 19.5 Å².